The van der Waals surface area contributed by atoms with Crippen LogP contribution in [0.25, 0.3) is 5.57 Å². The van der Waals surface area contributed by atoms with Gasteiger partial charge in [0, 0.05) is 61.0 Å². The normalized spacial score (nSPS) is 18.5. The Morgan fingerprint density at radius 2 is 1.79 bits per heavy atom. The van der Waals surface area contributed by atoms with E-state index in [0.717, 1.165) is 31.9 Å². The molecule has 0 spiro atoms. The van der Waals surface area contributed by atoms with Gasteiger partial charge in [0.15, 0.2) is 0 Å². The molecule has 0 atom stereocenters. The molecular formula is C22H25FN4O. The fourth-order valence-corrected chi connectivity index (χ4v) is 3.72. The van der Waals surface area contributed by atoms with Gasteiger partial charge in [-0.2, -0.15) is 0 Å². The van der Waals surface area contributed by atoms with Gasteiger partial charge in [-0.25, -0.2) is 4.39 Å². The fraction of sp³-hybridized carbons (Fsp3) is 0.318. The molecular weight excluding hydrogens is 355 g/mol. The quantitative estimate of drug-likeness (QED) is 0.793. The predicted octanol–water partition coefficient (Wildman–Crippen LogP) is 3.76. The highest BCUT2D eigenvalue weighted by molar-refractivity contribution is 6.31. The zero-order valence-corrected chi connectivity index (χ0v) is 16.2. The number of hydrogen-bond donors (Lipinski definition) is 2. The monoisotopic (exact) mass is 380 g/mol. The molecule has 1 fully saturated rings. The summed E-state index contributed by atoms with van der Waals surface area (Å²) in [4.78, 5) is 17.0. The third-order valence-corrected chi connectivity index (χ3v) is 5.42. The first-order chi connectivity index (χ1) is 13.5. The predicted molar refractivity (Wildman–Crippen MR) is 112 cm³/mol. The van der Waals surface area contributed by atoms with E-state index in [1.54, 1.807) is 12.3 Å². The average Bonchev–Trinajstić information content (AvgIpc) is 3.01. The molecule has 0 bridgehead atoms. The molecule has 0 aliphatic carbocycles. The highest BCUT2D eigenvalue weighted by atomic mass is 19.1. The van der Waals surface area contributed by atoms with E-state index >= 15 is 0 Å². The van der Waals surface area contributed by atoms with Gasteiger partial charge in [0.05, 0.1) is 5.57 Å². The Bertz CT molecular complexity index is 899. The van der Waals surface area contributed by atoms with Crippen molar-refractivity contribution in [3.63, 3.8) is 0 Å². The molecule has 0 unspecified atom stereocenters. The van der Waals surface area contributed by atoms with Gasteiger partial charge >= 0.3 is 0 Å². The average molecular weight is 380 g/mol. The Hall–Kier alpha value is -2.86. The second-order valence-electron chi connectivity index (χ2n) is 7.51. The molecule has 2 aliphatic heterocycles. The molecule has 2 aromatic carbocycles. The van der Waals surface area contributed by atoms with E-state index in [1.807, 2.05) is 12.1 Å². The zero-order chi connectivity index (χ0) is 19.7. The molecule has 146 valence electrons. The van der Waals surface area contributed by atoms with Gasteiger partial charge in [-0.1, -0.05) is 0 Å². The summed E-state index contributed by atoms with van der Waals surface area (Å²) < 4.78 is 13.5. The van der Waals surface area contributed by atoms with Crippen LogP contribution < -0.4 is 15.5 Å². The highest BCUT2D eigenvalue weighted by Gasteiger charge is 2.24. The van der Waals surface area contributed by atoms with Gasteiger partial charge < -0.3 is 15.5 Å². The summed E-state index contributed by atoms with van der Waals surface area (Å²) in [7, 11) is 0. The number of nitrogens with zero attached hydrogens (tertiary/aromatic N) is 2. The first-order valence-corrected chi connectivity index (χ1v) is 9.68. The van der Waals surface area contributed by atoms with Gasteiger partial charge in [0.25, 0.3) is 5.91 Å². The van der Waals surface area contributed by atoms with Crippen molar-refractivity contribution in [1.82, 2.24) is 4.90 Å². The number of hydrogen-bond acceptors (Lipinski definition) is 4. The Morgan fingerprint density at radius 3 is 2.46 bits per heavy atom. The van der Waals surface area contributed by atoms with Crippen LogP contribution in [0.3, 0.4) is 0 Å². The lowest BCUT2D eigenvalue weighted by atomic mass is 10.1. The minimum absolute atomic E-state index is 0.229. The SMILES string of the molecule is CC(C)N1CCN(c2ccc(N/C=C3/C(=O)Nc4ccc(F)cc43)cc2)CC1. The largest absolute Gasteiger partial charge is 0.369 e. The molecule has 2 N–H and O–H groups in total. The molecule has 1 saturated heterocycles. The Morgan fingerprint density at radius 1 is 1.07 bits per heavy atom. The molecule has 6 heteroatoms. The van der Waals surface area contributed by atoms with Gasteiger partial charge in [-0.05, 0) is 56.3 Å². The Kier molecular flexibility index (Phi) is 5.05. The molecule has 0 saturated carbocycles. The first-order valence-electron chi connectivity index (χ1n) is 9.68. The van der Waals surface area contributed by atoms with Crippen molar-refractivity contribution in [2.45, 2.75) is 19.9 Å². The Balaban J connectivity index is 1.43. The van der Waals surface area contributed by atoms with Crippen LogP contribution in [0.5, 0.6) is 0 Å². The minimum Gasteiger partial charge on any atom is -0.369 e. The maximum absolute atomic E-state index is 13.5. The van der Waals surface area contributed by atoms with E-state index < -0.39 is 0 Å². The molecule has 1 amide bonds. The maximum Gasteiger partial charge on any atom is 0.257 e. The van der Waals surface area contributed by atoms with Crippen LogP contribution in [0, 0.1) is 5.82 Å². The lowest BCUT2D eigenvalue weighted by Crippen LogP contribution is -2.48. The number of fused-ring (bicyclic) bond motifs is 1. The van der Waals surface area contributed by atoms with Gasteiger partial charge in [0.1, 0.15) is 5.82 Å². The highest BCUT2D eigenvalue weighted by Crippen LogP contribution is 2.32. The van der Waals surface area contributed by atoms with E-state index in [0.29, 0.717) is 22.9 Å². The standard InChI is InChI=1S/C22H25FN4O/c1-15(2)26-9-11-27(12-10-26)18-6-4-17(5-7-18)24-14-20-19-13-16(23)3-8-21(19)25-22(20)28/h3-8,13-15,24H,9-12H2,1-2H3,(H,25,28)/b20-14+. The van der Waals surface area contributed by atoms with Crippen LogP contribution in [0.1, 0.15) is 19.4 Å². The lowest BCUT2D eigenvalue weighted by Gasteiger charge is -2.38. The summed E-state index contributed by atoms with van der Waals surface area (Å²) in [5.41, 5.74) is 3.73. The number of nitrogens with one attached hydrogen (secondary N) is 2. The molecule has 4 rings (SSSR count). The molecule has 2 aliphatic rings. The van der Waals surface area contributed by atoms with E-state index in [9.17, 15) is 9.18 Å². The van der Waals surface area contributed by atoms with E-state index in [1.165, 1.54) is 17.8 Å². The number of halogens is 1. The summed E-state index contributed by atoms with van der Waals surface area (Å²) in [6.07, 6.45) is 1.64. The second kappa shape index (κ2) is 7.64. The van der Waals surface area contributed by atoms with Gasteiger partial charge in [-0.15, -0.1) is 0 Å². The van der Waals surface area contributed by atoms with Crippen LogP contribution >= 0.6 is 0 Å². The smallest absolute Gasteiger partial charge is 0.257 e. The number of piperazine rings is 1. The van der Waals surface area contributed by atoms with Gasteiger partial charge in [0.2, 0.25) is 0 Å². The van der Waals surface area contributed by atoms with Crippen molar-refractivity contribution >= 4 is 28.5 Å². The summed E-state index contributed by atoms with van der Waals surface area (Å²) in [6, 6.07) is 13.1. The zero-order valence-electron chi connectivity index (χ0n) is 16.2. The summed E-state index contributed by atoms with van der Waals surface area (Å²) in [5, 5.41) is 5.91. The maximum atomic E-state index is 13.5. The molecule has 28 heavy (non-hydrogen) atoms. The van der Waals surface area contributed by atoms with Crippen LogP contribution in [-0.2, 0) is 4.79 Å². The molecule has 5 nitrogen and oxygen atoms in total. The van der Waals surface area contributed by atoms with Crippen molar-refractivity contribution in [1.29, 1.82) is 0 Å². The van der Waals surface area contributed by atoms with Crippen LogP contribution in [0.15, 0.2) is 48.7 Å². The van der Waals surface area contributed by atoms with Crippen molar-refractivity contribution in [3.05, 3.63) is 60.0 Å². The van der Waals surface area contributed by atoms with E-state index in [-0.39, 0.29) is 11.7 Å². The number of anilines is 3. The number of benzene rings is 2. The van der Waals surface area contributed by atoms with Crippen LogP contribution in [0.4, 0.5) is 21.5 Å². The summed E-state index contributed by atoms with van der Waals surface area (Å²) >= 11 is 0. The number of rotatable bonds is 4. The number of carbonyl (C=O) groups is 1. The van der Waals surface area contributed by atoms with Crippen LogP contribution in [-0.4, -0.2) is 43.0 Å². The topological polar surface area (TPSA) is 47.6 Å². The van der Waals surface area contributed by atoms with E-state index in [4.69, 9.17) is 0 Å². The number of carbonyl (C=O) groups excluding carboxylic acids is 1. The molecule has 2 aromatic rings. The molecule has 0 radical (unpaired) electrons. The third-order valence-electron chi connectivity index (χ3n) is 5.42. The molecule has 2 heterocycles. The van der Waals surface area contributed by atoms with Crippen molar-refractivity contribution < 1.29 is 9.18 Å². The molecule has 0 aromatic heterocycles. The van der Waals surface area contributed by atoms with Crippen LogP contribution in [0.2, 0.25) is 0 Å². The summed E-state index contributed by atoms with van der Waals surface area (Å²) in [5.74, 6) is -0.587. The summed E-state index contributed by atoms with van der Waals surface area (Å²) in [6.45, 7) is 8.68. The van der Waals surface area contributed by atoms with Crippen molar-refractivity contribution in [3.8, 4) is 0 Å². The Labute approximate surface area is 164 Å². The van der Waals surface area contributed by atoms with Crippen molar-refractivity contribution in [2.75, 3.05) is 41.7 Å². The second-order valence-corrected chi connectivity index (χ2v) is 7.51. The van der Waals surface area contributed by atoms with Crippen molar-refractivity contribution in [2.24, 2.45) is 0 Å². The number of amides is 1. The first kappa shape index (κ1) is 18.5. The van der Waals surface area contributed by atoms with E-state index in [2.05, 4.69) is 46.4 Å². The van der Waals surface area contributed by atoms with Gasteiger partial charge in [-0.3, -0.25) is 9.69 Å². The lowest BCUT2D eigenvalue weighted by molar-refractivity contribution is -0.110. The minimum atomic E-state index is -0.358. The fourth-order valence-electron chi connectivity index (χ4n) is 3.72. The third kappa shape index (κ3) is 3.73.